The van der Waals surface area contributed by atoms with Crippen molar-refractivity contribution in [2.75, 3.05) is 25.1 Å². The number of rotatable bonds is 6. The van der Waals surface area contributed by atoms with Gasteiger partial charge in [0.05, 0.1) is 13.2 Å². The van der Waals surface area contributed by atoms with Gasteiger partial charge in [0.15, 0.2) is 5.76 Å². The van der Waals surface area contributed by atoms with E-state index in [9.17, 15) is 4.79 Å². The normalized spacial score (nSPS) is 10.7. The van der Waals surface area contributed by atoms with Crippen molar-refractivity contribution in [3.8, 4) is 0 Å². The molecule has 0 radical (unpaired) electrons. The monoisotopic (exact) mass is 311 g/mol. The molecule has 0 saturated carbocycles. The van der Waals surface area contributed by atoms with Gasteiger partial charge in [0.2, 0.25) is 0 Å². The van der Waals surface area contributed by atoms with Crippen molar-refractivity contribution in [1.82, 2.24) is 5.32 Å². The van der Waals surface area contributed by atoms with Crippen LogP contribution in [0.15, 0.2) is 34.7 Å². The molecule has 0 spiro atoms. The summed E-state index contributed by atoms with van der Waals surface area (Å²) in [6.45, 7) is 1.61. The second-order valence-corrected chi connectivity index (χ2v) is 4.50. The largest absolute Gasteiger partial charge is 0.451 e. The molecule has 0 aliphatic carbocycles. The van der Waals surface area contributed by atoms with Crippen LogP contribution in [0.25, 0.3) is 11.0 Å². The second-order valence-electron chi connectivity index (χ2n) is 3.71. The van der Waals surface area contributed by atoms with Crippen LogP contribution in [-0.4, -0.2) is 31.0 Å². The smallest absolute Gasteiger partial charge is 0.287 e. The van der Waals surface area contributed by atoms with Crippen molar-refractivity contribution in [3.05, 3.63) is 36.1 Å². The first-order chi connectivity index (χ1) is 8.81. The average molecular weight is 312 g/mol. The quantitative estimate of drug-likeness (QED) is 0.659. The summed E-state index contributed by atoms with van der Waals surface area (Å²) in [4.78, 5) is 11.8. The van der Waals surface area contributed by atoms with Gasteiger partial charge < -0.3 is 14.5 Å². The number of ether oxygens (including phenoxy) is 1. The van der Waals surface area contributed by atoms with E-state index in [-0.39, 0.29) is 5.91 Å². The fourth-order valence-electron chi connectivity index (χ4n) is 1.57. The lowest BCUT2D eigenvalue weighted by Gasteiger charge is -2.03. The molecular formula is C13H14BrNO3. The molecule has 0 atom stereocenters. The summed E-state index contributed by atoms with van der Waals surface area (Å²) < 4.78 is 10.7. The molecule has 0 bridgehead atoms. The van der Waals surface area contributed by atoms with Crippen LogP contribution < -0.4 is 5.32 Å². The molecule has 1 aromatic heterocycles. The Morgan fingerprint density at radius 2 is 2.17 bits per heavy atom. The summed E-state index contributed by atoms with van der Waals surface area (Å²) in [7, 11) is 0. The predicted octanol–water partition coefficient (Wildman–Crippen LogP) is 2.57. The summed E-state index contributed by atoms with van der Waals surface area (Å²) in [5.41, 5.74) is 0.721. The number of halogens is 1. The number of hydrogen-bond donors (Lipinski definition) is 1. The van der Waals surface area contributed by atoms with Crippen molar-refractivity contribution in [2.45, 2.75) is 0 Å². The first-order valence-electron chi connectivity index (χ1n) is 5.72. The SMILES string of the molecule is O=C(NCCOCCBr)c1cc2ccccc2o1. The number of amides is 1. The summed E-state index contributed by atoms with van der Waals surface area (Å²) in [5.74, 6) is 0.116. The molecule has 0 saturated heterocycles. The highest BCUT2D eigenvalue weighted by Gasteiger charge is 2.10. The van der Waals surface area contributed by atoms with Crippen LogP contribution in [0.4, 0.5) is 0 Å². The van der Waals surface area contributed by atoms with E-state index >= 15 is 0 Å². The molecule has 5 heteroatoms. The van der Waals surface area contributed by atoms with Crippen molar-refractivity contribution in [2.24, 2.45) is 0 Å². The molecule has 96 valence electrons. The Morgan fingerprint density at radius 1 is 1.33 bits per heavy atom. The highest BCUT2D eigenvalue weighted by Crippen LogP contribution is 2.18. The maximum Gasteiger partial charge on any atom is 0.287 e. The number of alkyl halides is 1. The number of nitrogens with one attached hydrogen (secondary N) is 1. The van der Waals surface area contributed by atoms with E-state index < -0.39 is 0 Å². The molecule has 0 unspecified atom stereocenters. The maximum atomic E-state index is 11.8. The molecular weight excluding hydrogens is 298 g/mol. The van der Waals surface area contributed by atoms with Crippen molar-refractivity contribution in [1.29, 1.82) is 0 Å². The van der Waals surface area contributed by atoms with E-state index in [0.717, 1.165) is 16.3 Å². The van der Waals surface area contributed by atoms with Crippen molar-refractivity contribution in [3.63, 3.8) is 0 Å². The van der Waals surface area contributed by atoms with Gasteiger partial charge in [0.25, 0.3) is 5.91 Å². The van der Waals surface area contributed by atoms with Crippen LogP contribution in [0.2, 0.25) is 0 Å². The topological polar surface area (TPSA) is 51.5 Å². The summed E-state index contributed by atoms with van der Waals surface area (Å²) >= 11 is 3.26. The van der Waals surface area contributed by atoms with Crippen LogP contribution in [0.5, 0.6) is 0 Å². The third kappa shape index (κ3) is 3.34. The van der Waals surface area contributed by atoms with Crippen LogP contribution in [-0.2, 0) is 4.74 Å². The number of benzene rings is 1. The van der Waals surface area contributed by atoms with E-state index in [1.54, 1.807) is 6.07 Å². The summed E-state index contributed by atoms with van der Waals surface area (Å²) in [6, 6.07) is 9.28. The number of para-hydroxylation sites is 1. The third-order valence-electron chi connectivity index (χ3n) is 2.40. The van der Waals surface area contributed by atoms with E-state index in [2.05, 4.69) is 21.2 Å². The van der Waals surface area contributed by atoms with E-state index in [1.165, 1.54) is 0 Å². The van der Waals surface area contributed by atoms with Gasteiger partial charge in [-0.2, -0.15) is 0 Å². The van der Waals surface area contributed by atoms with Crippen molar-refractivity contribution < 1.29 is 13.9 Å². The number of furan rings is 1. The van der Waals surface area contributed by atoms with Gasteiger partial charge >= 0.3 is 0 Å². The molecule has 0 aliphatic rings. The Balaban J connectivity index is 1.88. The molecule has 4 nitrogen and oxygen atoms in total. The van der Waals surface area contributed by atoms with Gasteiger partial charge in [0, 0.05) is 17.3 Å². The standard InChI is InChI=1S/C13H14BrNO3/c14-5-7-17-8-6-15-13(16)12-9-10-3-1-2-4-11(10)18-12/h1-4,9H,5-8H2,(H,15,16). The van der Waals surface area contributed by atoms with Gasteiger partial charge in [-0.05, 0) is 12.1 Å². The van der Waals surface area contributed by atoms with Gasteiger partial charge in [-0.25, -0.2) is 0 Å². The minimum Gasteiger partial charge on any atom is -0.451 e. The highest BCUT2D eigenvalue weighted by atomic mass is 79.9. The second kappa shape index (κ2) is 6.56. The molecule has 18 heavy (non-hydrogen) atoms. The Kier molecular flexibility index (Phi) is 4.78. The lowest BCUT2D eigenvalue weighted by atomic mass is 10.2. The lowest BCUT2D eigenvalue weighted by molar-refractivity contribution is 0.0899. The number of fused-ring (bicyclic) bond motifs is 1. The van der Waals surface area contributed by atoms with E-state index in [0.29, 0.717) is 25.5 Å². The maximum absolute atomic E-state index is 11.8. The molecule has 1 aromatic carbocycles. The summed E-state index contributed by atoms with van der Waals surface area (Å²) in [5, 5.41) is 4.47. The zero-order chi connectivity index (χ0) is 12.8. The van der Waals surface area contributed by atoms with Gasteiger partial charge in [-0.15, -0.1) is 0 Å². The van der Waals surface area contributed by atoms with Crippen molar-refractivity contribution >= 4 is 32.8 Å². The van der Waals surface area contributed by atoms with Crippen LogP contribution in [0.3, 0.4) is 0 Å². The van der Waals surface area contributed by atoms with Crippen LogP contribution >= 0.6 is 15.9 Å². The molecule has 2 rings (SSSR count). The Hall–Kier alpha value is -1.33. The summed E-state index contributed by atoms with van der Waals surface area (Å²) in [6.07, 6.45) is 0. The Morgan fingerprint density at radius 3 is 2.94 bits per heavy atom. The lowest BCUT2D eigenvalue weighted by Crippen LogP contribution is -2.27. The van der Waals surface area contributed by atoms with E-state index in [4.69, 9.17) is 9.15 Å². The van der Waals surface area contributed by atoms with Crippen LogP contribution in [0.1, 0.15) is 10.6 Å². The van der Waals surface area contributed by atoms with Gasteiger partial charge in [-0.3, -0.25) is 4.79 Å². The average Bonchev–Trinajstić information content (AvgIpc) is 2.82. The molecule has 1 heterocycles. The molecule has 2 aromatic rings. The third-order valence-corrected chi connectivity index (χ3v) is 2.73. The van der Waals surface area contributed by atoms with Gasteiger partial charge in [0.1, 0.15) is 5.58 Å². The number of carbonyl (C=O) groups is 1. The number of carbonyl (C=O) groups excluding carboxylic acids is 1. The van der Waals surface area contributed by atoms with Crippen LogP contribution in [0, 0.1) is 0 Å². The minimum atomic E-state index is -0.214. The molecule has 1 N–H and O–H groups in total. The highest BCUT2D eigenvalue weighted by molar-refractivity contribution is 9.09. The van der Waals surface area contributed by atoms with E-state index in [1.807, 2.05) is 24.3 Å². The first-order valence-corrected chi connectivity index (χ1v) is 6.84. The minimum absolute atomic E-state index is 0.214. The fourth-order valence-corrected chi connectivity index (χ4v) is 1.80. The van der Waals surface area contributed by atoms with Gasteiger partial charge in [-0.1, -0.05) is 34.1 Å². The Bertz CT molecular complexity index is 491. The first kappa shape index (κ1) is 13.1. The predicted molar refractivity (Wildman–Crippen MR) is 73.2 cm³/mol. The fraction of sp³-hybridized carbons (Fsp3) is 0.308. The Labute approximate surface area is 113 Å². The molecule has 0 fully saturated rings. The zero-order valence-corrected chi connectivity index (χ0v) is 11.4. The molecule has 0 aliphatic heterocycles. The molecule has 1 amide bonds. The zero-order valence-electron chi connectivity index (χ0n) is 9.82. The number of hydrogen-bond acceptors (Lipinski definition) is 3.